The summed E-state index contributed by atoms with van der Waals surface area (Å²) >= 11 is 0. The molecule has 0 aromatic rings. The van der Waals surface area contributed by atoms with Gasteiger partial charge in [0, 0.05) is 18.1 Å². The van der Waals surface area contributed by atoms with E-state index in [-0.39, 0.29) is 11.0 Å². The summed E-state index contributed by atoms with van der Waals surface area (Å²) in [6.45, 7) is 14.2. The predicted molar refractivity (Wildman–Crippen MR) is 73.7 cm³/mol. The Morgan fingerprint density at radius 2 is 1.69 bits per heavy atom. The Bertz CT molecular complexity index is 180. The van der Waals surface area contributed by atoms with E-state index >= 15 is 0 Å². The van der Waals surface area contributed by atoms with E-state index in [1.807, 2.05) is 0 Å². The molecule has 0 heterocycles. The van der Waals surface area contributed by atoms with E-state index < -0.39 is 0 Å². The molecule has 3 N–H and O–H groups in total. The van der Waals surface area contributed by atoms with Crippen LogP contribution < -0.4 is 11.1 Å². The summed E-state index contributed by atoms with van der Waals surface area (Å²) in [6, 6.07) is 0.605. The number of nitrogens with one attached hydrogen (secondary N) is 1. The smallest absolute Gasteiger partial charge is 0.0161 e. The van der Waals surface area contributed by atoms with Crippen LogP contribution in [0.3, 0.4) is 0 Å². The summed E-state index contributed by atoms with van der Waals surface area (Å²) < 4.78 is 0. The molecule has 1 unspecified atom stereocenters. The molecule has 98 valence electrons. The third kappa shape index (κ3) is 5.86. The van der Waals surface area contributed by atoms with Crippen LogP contribution in [0.25, 0.3) is 0 Å². The van der Waals surface area contributed by atoms with Gasteiger partial charge in [0.1, 0.15) is 0 Å². The fourth-order valence-corrected chi connectivity index (χ4v) is 1.46. The second-order valence-electron chi connectivity index (χ2n) is 6.38. The first kappa shape index (κ1) is 15.9. The average Bonchev–Trinajstić information content (AvgIpc) is 2.13. The van der Waals surface area contributed by atoms with Crippen molar-refractivity contribution in [1.29, 1.82) is 0 Å². The van der Waals surface area contributed by atoms with Crippen molar-refractivity contribution in [2.45, 2.75) is 78.8 Å². The summed E-state index contributed by atoms with van der Waals surface area (Å²) in [7, 11) is 0. The zero-order valence-electron chi connectivity index (χ0n) is 12.2. The van der Waals surface area contributed by atoms with E-state index in [0.29, 0.717) is 6.04 Å². The Kier molecular flexibility index (Phi) is 6.57. The number of rotatable bonds is 8. The SMILES string of the molecule is CCCCCC(C)NCC(C)(C)C(C)(C)N. The summed E-state index contributed by atoms with van der Waals surface area (Å²) in [6.07, 6.45) is 5.25. The van der Waals surface area contributed by atoms with Gasteiger partial charge in [0.25, 0.3) is 0 Å². The standard InChI is InChI=1S/C14H32N2/c1-7-8-9-10-12(2)16-11-13(3,4)14(5,6)15/h12,16H,7-11,15H2,1-6H3. The largest absolute Gasteiger partial charge is 0.325 e. The molecule has 0 aliphatic heterocycles. The zero-order chi connectivity index (χ0) is 12.8. The van der Waals surface area contributed by atoms with Gasteiger partial charge in [-0.25, -0.2) is 0 Å². The van der Waals surface area contributed by atoms with Crippen LogP contribution in [0.15, 0.2) is 0 Å². The van der Waals surface area contributed by atoms with Crippen molar-refractivity contribution in [2.75, 3.05) is 6.54 Å². The highest BCUT2D eigenvalue weighted by Gasteiger charge is 2.33. The monoisotopic (exact) mass is 228 g/mol. The van der Waals surface area contributed by atoms with E-state index in [9.17, 15) is 0 Å². The van der Waals surface area contributed by atoms with E-state index in [4.69, 9.17) is 5.73 Å². The van der Waals surface area contributed by atoms with Crippen molar-refractivity contribution >= 4 is 0 Å². The lowest BCUT2D eigenvalue weighted by molar-refractivity contribution is 0.188. The van der Waals surface area contributed by atoms with Gasteiger partial charge < -0.3 is 11.1 Å². The van der Waals surface area contributed by atoms with Crippen LogP contribution in [0.1, 0.15) is 67.2 Å². The van der Waals surface area contributed by atoms with Gasteiger partial charge in [0.2, 0.25) is 0 Å². The Balaban J connectivity index is 3.86. The topological polar surface area (TPSA) is 38.0 Å². The molecule has 0 aliphatic rings. The van der Waals surface area contributed by atoms with Crippen LogP contribution in [0.4, 0.5) is 0 Å². The van der Waals surface area contributed by atoms with Gasteiger partial charge >= 0.3 is 0 Å². The minimum Gasteiger partial charge on any atom is -0.325 e. The van der Waals surface area contributed by atoms with E-state index in [1.54, 1.807) is 0 Å². The van der Waals surface area contributed by atoms with E-state index in [0.717, 1.165) is 6.54 Å². The highest BCUT2D eigenvalue weighted by molar-refractivity contribution is 4.91. The number of nitrogens with two attached hydrogens (primary N) is 1. The first-order valence-corrected chi connectivity index (χ1v) is 6.73. The Hall–Kier alpha value is -0.0800. The van der Waals surface area contributed by atoms with Gasteiger partial charge in [-0.1, -0.05) is 40.0 Å². The molecule has 0 fully saturated rings. The molecule has 0 aromatic carbocycles. The van der Waals surface area contributed by atoms with E-state index in [2.05, 4.69) is 46.9 Å². The normalized spacial score (nSPS) is 15.2. The minimum absolute atomic E-state index is 0.131. The molecular formula is C14H32N2. The second-order valence-corrected chi connectivity index (χ2v) is 6.38. The van der Waals surface area contributed by atoms with Gasteiger partial charge in [-0.15, -0.1) is 0 Å². The van der Waals surface area contributed by atoms with Gasteiger partial charge in [-0.3, -0.25) is 0 Å². The van der Waals surface area contributed by atoms with Gasteiger partial charge in [0.05, 0.1) is 0 Å². The highest BCUT2D eigenvalue weighted by Crippen LogP contribution is 2.27. The second kappa shape index (κ2) is 6.61. The molecule has 0 saturated heterocycles. The fraction of sp³-hybridized carbons (Fsp3) is 1.00. The summed E-state index contributed by atoms with van der Waals surface area (Å²) in [4.78, 5) is 0. The Labute approximate surface area is 102 Å². The van der Waals surface area contributed by atoms with Crippen molar-refractivity contribution < 1.29 is 0 Å². The zero-order valence-corrected chi connectivity index (χ0v) is 12.2. The number of unbranched alkanes of at least 4 members (excludes halogenated alkanes) is 2. The molecule has 0 spiro atoms. The summed E-state index contributed by atoms with van der Waals surface area (Å²) in [5.41, 5.74) is 6.18. The molecule has 16 heavy (non-hydrogen) atoms. The molecule has 0 radical (unpaired) electrons. The maximum absolute atomic E-state index is 6.18. The lowest BCUT2D eigenvalue weighted by Crippen LogP contribution is -2.53. The molecule has 2 heteroatoms. The quantitative estimate of drug-likeness (QED) is 0.626. The van der Waals surface area contributed by atoms with Crippen LogP contribution in [-0.2, 0) is 0 Å². The highest BCUT2D eigenvalue weighted by atomic mass is 14.9. The first-order valence-electron chi connectivity index (χ1n) is 6.73. The Morgan fingerprint density at radius 1 is 1.12 bits per heavy atom. The van der Waals surface area contributed by atoms with Crippen LogP contribution >= 0.6 is 0 Å². The van der Waals surface area contributed by atoms with Gasteiger partial charge in [-0.05, 0) is 32.6 Å². The summed E-state index contributed by atoms with van der Waals surface area (Å²) in [5, 5.41) is 3.61. The van der Waals surface area contributed by atoms with Gasteiger partial charge in [-0.2, -0.15) is 0 Å². The van der Waals surface area contributed by atoms with Gasteiger partial charge in [0.15, 0.2) is 0 Å². The van der Waals surface area contributed by atoms with Crippen molar-refractivity contribution in [3.05, 3.63) is 0 Å². The molecule has 2 nitrogen and oxygen atoms in total. The maximum Gasteiger partial charge on any atom is 0.0161 e. The third-order valence-corrected chi connectivity index (χ3v) is 3.88. The lowest BCUT2D eigenvalue weighted by Gasteiger charge is -2.39. The van der Waals surface area contributed by atoms with Crippen molar-refractivity contribution in [3.63, 3.8) is 0 Å². The number of hydrogen-bond acceptors (Lipinski definition) is 2. The van der Waals surface area contributed by atoms with Crippen molar-refractivity contribution in [3.8, 4) is 0 Å². The molecule has 0 aliphatic carbocycles. The van der Waals surface area contributed by atoms with Crippen LogP contribution in [0.5, 0.6) is 0 Å². The molecule has 0 rings (SSSR count). The van der Waals surface area contributed by atoms with Crippen LogP contribution in [0, 0.1) is 5.41 Å². The third-order valence-electron chi connectivity index (χ3n) is 3.88. The summed E-state index contributed by atoms with van der Waals surface area (Å²) in [5.74, 6) is 0. The minimum atomic E-state index is -0.136. The molecular weight excluding hydrogens is 196 g/mol. The van der Waals surface area contributed by atoms with Crippen LogP contribution in [0.2, 0.25) is 0 Å². The molecule has 0 bridgehead atoms. The molecule has 0 saturated carbocycles. The van der Waals surface area contributed by atoms with E-state index in [1.165, 1.54) is 25.7 Å². The van der Waals surface area contributed by atoms with Crippen LogP contribution in [-0.4, -0.2) is 18.1 Å². The lowest BCUT2D eigenvalue weighted by atomic mass is 9.75. The average molecular weight is 228 g/mol. The van der Waals surface area contributed by atoms with Crippen molar-refractivity contribution in [1.82, 2.24) is 5.32 Å². The molecule has 0 aromatic heterocycles. The fourth-order valence-electron chi connectivity index (χ4n) is 1.46. The Morgan fingerprint density at radius 3 is 2.12 bits per heavy atom. The van der Waals surface area contributed by atoms with Crippen molar-refractivity contribution in [2.24, 2.45) is 11.1 Å². The maximum atomic E-state index is 6.18. The molecule has 1 atom stereocenters. The molecule has 0 amide bonds. The number of hydrogen-bond donors (Lipinski definition) is 2. The predicted octanol–water partition coefficient (Wildman–Crippen LogP) is 3.31. The first-order chi connectivity index (χ1) is 7.20.